The van der Waals surface area contributed by atoms with Crippen LogP contribution in [-0.4, -0.2) is 22.1 Å². The van der Waals surface area contributed by atoms with E-state index in [2.05, 4.69) is 4.98 Å². The molecule has 0 fully saturated rings. The van der Waals surface area contributed by atoms with E-state index in [-0.39, 0.29) is 18.0 Å². The number of rotatable bonds is 5. The first kappa shape index (κ1) is 16.9. The van der Waals surface area contributed by atoms with Crippen molar-refractivity contribution >= 4 is 16.9 Å². The summed E-state index contributed by atoms with van der Waals surface area (Å²) in [4.78, 5) is 29.7. The van der Waals surface area contributed by atoms with Crippen molar-refractivity contribution in [2.24, 2.45) is 5.92 Å². The molecule has 1 aromatic heterocycles. The lowest BCUT2D eigenvalue weighted by Crippen LogP contribution is -2.28. The van der Waals surface area contributed by atoms with Crippen LogP contribution in [0.3, 0.4) is 0 Å². The van der Waals surface area contributed by atoms with Gasteiger partial charge < -0.3 is 4.74 Å². The normalized spacial score (nSPS) is 11.0. The minimum atomic E-state index is -0.440. The second-order valence-corrected chi connectivity index (χ2v) is 6.29. The molecule has 0 aliphatic rings. The quantitative estimate of drug-likeness (QED) is 0.671. The Kier molecular flexibility index (Phi) is 4.93. The molecule has 2 aromatic carbocycles. The molecule has 3 aromatic rings. The molecule has 128 valence electrons. The number of nitrogens with zero attached hydrogens (tertiary/aromatic N) is 2. The molecule has 0 saturated carbocycles. The van der Waals surface area contributed by atoms with E-state index < -0.39 is 5.97 Å². The van der Waals surface area contributed by atoms with E-state index in [9.17, 15) is 9.59 Å². The maximum atomic E-state index is 12.9. The highest BCUT2D eigenvalue weighted by atomic mass is 16.5. The molecule has 0 amide bonds. The highest BCUT2D eigenvalue weighted by molar-refractivity contribution is 5.80. The number of carbonyl (C=O) groups excluding carboxylic acids is 1. The molecule has 0 N–H and O–H groups in total. The number of ether oxygens (including phenoxy) is 1. The second kappa shape index (κ2) is 7.30. The Morgan fingerprint density at radius 2 is 1.76 bits per heavy atom. The highest BCUT2D eigenvalue weighted by Gasteiger charge is 2.16. The maximum absolute atomic E-state index is 12.9. The van der Waals surface area contributed by atoms with Gasteiger partial charge in [-0.1, -0.05) is 56.3 Å². The zero-order valence-electron chi connectivity index (χ0n) is 14.3. The van der Waals surface area contributed by atoms with Crippen molar-refractivity contribution in [3.05, 3.63) is 65.0 Å². The number of para-hydroxylation sites is 1. The average molecular weight is 336 g/mol. The standard InChI is InChI=1S/C20H20N2O3/c1-14(2)13-25-18(23)12-22-19(15-8-4-3-5-9-15)21-17-11-7-6-10-16(17)20(22)24/h3-11,14H,12-13H2,1-2H3. The fourth-order valence-corrected chi connectivity index (χ4v) is 2.56. The molecule has 0 bridgehead atoms. The van der Waals surface area contributed by atoms with Gasteiger partial charge >= 0.3 is 5.97 Å². The van der Waals surface area contributed by atoms with Gasteiger partial charge in [-0.2, -0.15) is 0 Å². The van der Waals surface area contributed by atoms with E-state index >= 15 is 0 Å². The molecule has 0 aliphatic heterocycles. The number of fused-ring (bicyclic) bond motifs is 1. The van der Waals surface area contributed by atoms with Crippen molar-refractivity contribution in [1.29, 1.82) is 0 Å². The van der Waals surface area contributed by atoms with Crippen LogP contribution in [0.5, 0.6) is 0 Å². The number of carbonyl (C=O) groups is 1. The lowest BCUT2D eigenvalue weighted by molar-refractivity contribution is -0.145. The minimum absolute atomic E-state index is 0.159. The first-order chi connectivity index (χ1) is 12.1. The van der Waals surface area contributed by atoms with E-state index in [1.807, 2.05) is 50.2 Å². The van der Waals surface area contributed by atoms with Gasteiger partial charge in [0.1, 0.15) is 12.4 Å². The van der Waals surface area contributed by atoms with Gasteiger partial charge in [-0.05, 0) is 18.1 Å². The summed E-state index contributed by atoms with van der Waals surface area (Å²) in [6.45, 7) is 4.10. The van der Waals surface area contributed by atoms with Crippen LogP contribution in [0.1, 0.15) is 13.8 Å². The first-order valence-electron chi connectivity index (χ1n) is 8.27. The van der Waals surface area contributed by atoms with Crippen molar-refractivity contribution in [3.63, 3.8) is 0 Å². The number of esters is 1. The van der Waals surface area contributed by atoms with Gasteiger partial charge in [0, 0.05) is 5.56 Å². The Labute approximate surface area is 145 Å². The van der Waals surface area contributed by atoms with Crippen molar-refractivity contribution in [3.8, 4) is 11.4 Å². The minimum Gasteiger partial charge on any atom is -0.464 e. The van der Waals surface area contributed by atoms with Crippen molar-refractivity contribution in [1.82, 2.24) is 9.55 Å². The molecule has 0 radical (unpaired) electrons. The number of benzene rings is 2. The molecule has 5 heteroatoms. The van der Waals surface area contributed by atoms with E-state index in [4.69, 9.17) is 4.74 Å². The summed E-state index contributed by atoms with van der Waals surface area (Å²) < 4.78 is 6.63. The number of hydrogen-bond acceptors (Lipinski definition) is 4. The third-order valence-corrected chi connectivity index (χ3v) is 3.76. The first-order valence-corrected chi connectivity index (χ1v) is 8.27. The van der Waals surface area contributed by atoms with Gasteiger partial charge in [-0.3, -0.25) is 14.2 Å². The fraction of sp³-hybridized carbons (Fsp3) is 0.250. The largest absolute Gasteiger partial charge is 0.464 e. The molecule has 0 aliphatic carbocycles. The molecule has 3 rings (SSSR count). The molecule has 25 heavy (non-hydrogen) atoms. The summed E-state index contributed by atoms with van der Waals surface area (Å²) in [7, 11) is 0. The summed E-state index contributed by atoms with van der Waals surface area (Å²) in [5, 5.41) is 0.485. The summed E-state index contributed by atoms with van der Waals surface area (Å²) >= 11 is 0. The van der Waals surface area contributed by atoms with E-state index in [1.54, 1.807) is 18.2 Å². The van der Waals surface area contributed by atoms with Crippen molar-refractivity contribution in [2.45, 2.75) is 20.4 Å². The van der Waals surface area contributed by atoms with E-state index in [0.717, 1.165) is 5.56 Å². The van der Waals surface area contributed by atoms with Gasteiger partial charge in [-0.25, -0.2) is 4.98 Å². The zero-order chi connectivity index (χ0) is 17.8. The molecule has 0 atom stereocenters. The summed E-state index contributed by atoms with van der Waals surface area (Å²) in [6.07, 6.45) is 0. The lowest BCUT2D eigenvalue weighted by Gasteiger charge is -2.14. The van der Waals surface area contributed by atoms with Crippen LogP contribution in [0.4, 0.5) is 0 Å². The summed E-state index contributed by atoms with van der Waals surface area (Å²) in [6, 6.07) is 16.5. The van der Waals surface area contributed by atoms with E-state index in [1.165, 1.54) is 4.57 Å². The highest BCUT2D eigenvalue weighted by Crippen LogP contribution is 2.18. The van der Waals surface area contributed by atoms with E-state index in [0.29, 0.717) is 23.3 Å². The van der Waals surface area contributed by atoms with Crippen LogP contribution in [0.2, 0.25) is 0 Å². The van der Waals surface area contributed by atoms with Crippen LogP contribution in [0.15, 0.2) is 59.4 Å². The fourth-order valence-electron chi connectivity index (χ4n) is 2.56. The Bertz CT molecular complexity index is 946. The monoisotopic (exact) mass is 336 g/mol. The maximum Gasteiger partial charge on any atom is 0.326 e. The smallest absolute Gasteiger partial charge is 0.326 e. The number of hydrogen-bond donors (Lipinski definition) is 0. The molecular weight excluding hydrogens is 316 g/mol. The molecule has 0 spiro atoms. The lowest BCUT2D eigenvalue weighted by atomic mass is 10.2. The van der Waals surface area contributed by atoms with Crippen LogP contribution >= 0.6 is 0 Å². The molecule has 5 nitrogen and oxygen atoms in total. The topological polar surface area (TPSA) is 61.2 Å². The van der Waals surface area contributed by atoms with Crippen LogP contribution in [0, 0.1) is 5.92 Å². The molecular formula is C20H20N2O3. The number of aromatic nitrogens is 2. The Morgan fingerprint density at radius 1 is 1.08 bits per heavy atom. The summed E-state index contributed by atoms with van der Waals surface area (Å²) in [5.74, 6) is 0.264. The predicted octanol–water partition coefficient (Wildman–Crippen LogP) is 3.26. The third-order valence-electron chi connectivity index (χ3n) is 3.76. The summed E-state index contributed by atoms with van der Waals surface area (Å²) in [5.41, 5.74) is 1.14. The van der Waals surface area contributed by atoms with Gasteiger partial charge in [-0.15, -0.1) is 0 Å². The van der Waals surface area contributed by atoms with Crippen LogP contribution in [-0.2, 0) is 16.1 Å². The second-order valence-electron chi connectivity index (χ2n) is 6.29. The third kappa shape index (κ3) is 3.76. The molecule has 0 saturated heterocycles. The van der Waals surface area contributed by atoms with Gasteiger partial charge in [0.25, 0.3) is 5.56 Å². The van der Waals surface area contributed by atoms with Gasteiger partial charge in [0.15, 0.2) is 0 Å². The van der Waals surface area contributed by atoms with Gasteiger partial charge in [0.05, 0.1) is 17.5 Å². The SMILES string of the molecule is CC(C)COC(=O)Cn1c(-c2ccccc2)nc2ccccc2c1=O. The van der Waals surface area contributed by atoms with Crippen molar-refractivity contribution in [2.75, 3.05) is 6.61 Å². The van der Waals surface area contributed by atoms with Crippen molar-refractivity contribution < 1.29 is 9.53 Å². The predicted molar refractivity (Wildman–Crippen MR) is 97.2 cm³/mol. The Hall–Kier alpha value is -2.95. The molecule has 0 unspecified atom stereocenters. The van der Waals surface area contributed by atoms with Crippen LogP contribution in [0.25, 0.3) is 22.3 Å². The zero-order valence-corrected chi connectivity index (χ0v) is 14.3. The van der Waals surface area contributed by atoms with Crippen LogP contribution < -0.4 is 5.56 Å². The Balaban J connectivity index is 2.09. The van der Waals surface area contributed by atoms with Gasteiger partial charge in [0.2, 0.25) is 0 Å². The molecule has 1 heterocycles. The Morgan fingerprint density at radius 3 is 2.48 bits per heavy atom. The average Bonchev–Trinajstić information content (AvgIpc) is 2.63.